The van der Waals surface area contributed by atoms with Crippen molar-refractivity contribution in [2.75, 3.05) is 6.54 Å². The predicted molar refractivity (Wildman–Crippen MR) is 106 cm³/mol. The summed E-state index contributed by atoms with van der Waals surface area (Å²) in [6.45, 7) is 6.82. The first kappa shape index (κ1) is 18.2. The van der Waals surface area contributed by atoms with Crippen molar-refractivity contribution in [1.29, 1.82) is 0 Å². The van der Waals surface area contributed by atoms with Crippen LogP contribution in [0.2, 0.25) is 0 Å². The number of likely N-dealkylation sites (N-methyl/N-ethyl adjacent to an activating group) is 1. The third-order valence-corrected chi connectivity index (χ3v) is 5.87. The lowest BCUT2D eigenvalue weighted by Gasteiger charge is -2.33. The van der Waals surface area contributed by atoms with Gasteiger partial charge < -0.3 is 4.57 Å². The van der Waals surface area contributed by atoms with Gasteiger partial charge in [0.1, 0.15) is 11.6 Å². The standard InChI is InChI=1S/C23H26F2N2/c1-3-26-15-20-19-13-18(24)14-21(25)23(19)27(22(20)12-16(26)2)11-7-10-17-8-5-4-6-9-17/h4-6,8-9,13-14,16H,3,7,10-12,15H2,1-2H3. The molecular weight excluding hydrogens is 342 g/mol. The van der Waals surface area contributed by atoms with E-state index in [9.17, 15) is 8.78 Å². The van der Waals surface area contributed by atoms with Crippen molar-refractivity contribution in [2.45, 2.75) is 52.2 Å². The number of aryl methyl sites for hydroxylation is 2. The molecule has 1 aliphatic heterocycles. The molecule has 0 aliphatic carbocycles. The second-order valence-electron chi connectivity index (χ2n) is 7.57. The number of fused-ring (bicyclic) bond motifs is 3. The Hall–Kier alpha value is -2.20. The number of rotatable bonds is 5. The van der Waals surface area contributed by atoms with Crippen LogP contribution in [0, 0.1) is 11.6 Å². The Bertz CT molecular complexity index is 946. The first-order valence-corrected chi connectivity index (χ1v) is 9.85. The van der Waals surface area contributed by atoms with E-state index >= 15 is 0 Å². The van der Waals surface area contributed by atoms with E-state index in [0.29, 0.717) is 11.6 Å². The molecule has 1 atom stereocenters. The maximum absolute atomic E-state index is 14.7. The third kappa shape index (κ3) is 3.39. The Labute approximate surface area is 159 Å². The molecule has 0 spiro atoms. The van der Waals surface area contributed by atoms with Crippen molar-refractivity contribution >= 4 is 10.9 Å². The molecule has 0 radical (unpaired) electrons. The smallest absolute Gasteiger partial charge is 0.150 e. The quantitative estimate of drug-likeness (QED) is 0.592. The Morgan fingerprint density at radius 2 is 1.89 bits per heavy atom. The average molecular weight is 368 g/mol. The zero-order valence-electron chi connectivity index (χ0n) is 16.0. The number of aromatic nitrogens is 1. The summed E-state index contributed by atoms with van der Waals surface area (Å²) in [5, 5.41) is 0.743. The van der Waals surface area contributed by atoms with Gasteiger partial charge in [0.15, 0.2) is 0 Å². The Morgan fingerprint density at radius 1 is 1.11 bits per heavy atom. The summed E-state index contributed by atoms with van der Waals surface area (Å²) in [5.74, 6) is -0.944. The molecule has 4 rings (SSSR count). The molecule has 0 fully saturated rings. The highest BCUT2D eigenvalue weighted by Crippen LogP contribution is 2.35. The lowest BCUT2D eigenvalue weighted by Crippen LogP contribution is -2.38. The van der Waals surface area contributed by atoms with E-state index in [-0.39, 0.29) is 0 Å². The molecule has 4 heteroatoms. The largest absolute Gasteiger partial charge is 0.342 e. The van der Waals surface area contributed by atoms with Crippen LogP contribution in [0.25, 0.3) is 10.9 Å². The number of nitrogens with zero attached hydrogens (tertiary/aromatic N) is 2. The molecule has 27 heavy (non-hydrogen) atoms. The van der Waals surface area contributed by atoms with Gasteiger partial charge in [0.25, 0.3) is 0 Å². The van der Waals surface area contributed by atoms with Gasteiger partial charge in [-0.2, -0.15) is 0 Å². The minimum atomic E-state index is -0.495. The Kier molecular flexibility index (Phi) is 5.00. The van der Waals surface area contributed by atoms with Gasteiger partial charge in [-0.05, 0) is 43.5 Å². The van der Waals surface area contributed by atoms with Crippen molar-refractivity contribution in [3.63, 3.8) is 0 Å². The van der Waals surface area contributed by atoms with Crippen molar-refractivity contribution < 1.29 is 8.78 Å². The molecule has 2 aromatic carbocycles. The van der Waals surface area contributed by atoms with E-state index in [1.54, 1.807) is 0 Å². The lowest BCUT2D eigenvalue weighted by molar-refractivity contribution is 0.192. The fraction of sp³-hybridized carbons (Fsp3) is 0.391. The highest BCUT2D eigenvalue weighted by Gasteiger charge is 2.29. The molecule has 0 N–H and O–H groups in total. The number of hydrogen-bond acceptors (Lipinski definition) is 1. The van der Waals surface area contributed by atoms with Gasteiger partial charge in [-0.3, -0.25) is 4.90 Å². The summed E-state index contributed by atoms with van der Waals surface area (Å²) in [5.41, 5.74) is 4.14. The van der Waals surface area contributed by atoms with Gasteiger partial charge in [0.2, 0.25) is 0 Å². The van der Waals surface area contributed by atoms with E-state index in [1.165, 1.54) is 17.3 Å². The van der Waals surface area contributed by atoms with Crippen LogP contribution in [0.4, 0.5) is 8.78 Å². The van der Waals surface area contributed by atoms with Crippen molar-refractivity contribution in [3.05, 3.63) is 70.9 Å². The van der Waals surface area contributed by atoms with Crippen LogP contribution < -0.4 is 0 Å². The monoisotopic (exact) mass is 368 g/mol. The van der Waals surface area contributed by atoms with E-state index in [1.807, 2.05) is 18.2 Å². The maximum Gasteiger partial charge on any atom is 0.150 e. The highest BCUT2D eigenvalue weighted by atomic mass is 19.1. The number of hydrogen-bond donors (Lipinski definition) is 0. The van der Waals surface area contributed by atoms with Crippen LogP contribution in [0.3, 0.4) is 0 Å². The minimum Gasteiger partial charge on any atom is -0.342 e. The second kappa shape index (κ2) is 7.43. The third-order valence-electron chi connectivity index (χ3n) is 5.87. The maximum atomic E-state index is 14.7. The SMILES string of the molecule is CCN1Cc2c(n(CCCc3ccccc3)c3c(F)cc(F)cc23)CC1C. The summed E-state index contributed by atoms with van der Waals surface area (Å²) in [6, 6.07) is 13.3. The van der Waals surface area contributed by atoms with Gasteiger partial charge in [-0.15, -0.1) is 0 Å². The molecule has 1 aromatic heterocycles. The molecule has 142 valence electrons. The van der Waals surface area contributed by atoms with Crippen LogP contribution in [0.1, 0.15) is 37.1 Å². The molecule has 1 unspecified atom stereocenters. The number of benzene rings is 2. The fourth-order valence-electron chi connectivity index (χ4n) is 4.46. The summed E-state index contributed by atoms with van der Waals surface area (Å²) < 4.78 is 30.8. The molecule has 2 nitrogen and oxygen atoms in total. The highest BCUT2D eigenvalue weighted by molar-refractivity contribution is 5.86. The zero-order valence-corrected chi connectivity index (χ0v) is 16.0. The Balaban J connectivity index is 1.72. The van der Waals surface area contributed by atoms with Crippen LogP contribution in [0.5, 0.6) is 0 Å². The molecule has 2 heterocycles. The minimum absolute atomic E-state index is 0.410. The van der Waals surface area contributed by atoms with Gasteiger partial charge in [0, 0.05) is 42.7 Å². The van der Waals surface area contributed by atoms with Gasteiger partial charge in [-0.1, -0.05) is 37.3 Å². The normalized spacial score (nSPS) is 17.4. The van der Waals surface area contributed by atoms with Gasteiger partial charge in [0.05, 0.1) is 5.52 Å². The van der Waals surface area contributed by atoms with E-state index < -0.39 is 11.6 Å². The van der Waals surface area contributed by atoms with Crippen LogP contribution >= 0.6 is 0 Å². The van der Waals surface area contributed by atoms with Gasteiger partial charge >= 0.3 is 0 Å². The first-order chi connectivity index (χ1) is 13.1. The zero-order chi connectivity index (χ0) is 19.0. The van der Waals surface area contributed by atoms with Crippen LogP contribution in [-0.4, -0.2) is 22.1 Å². The summed E-state index contributed by atoms with van der Waals surface area (Å²) in [6.07, 6.45) is 2.77. The Morgan fingerprint density at radius 3 is 2.63 bits per heavy atom. The van der Waals surface area contributed by atoms with Crippen LogP contribution in [-0.2, 0) is 25.9 Å². The second-order valence-corrected chi connectivity index (χ2v) is 7.57. The molecule has 0 amide bonds. The van der Waals surface area contributed by atoms with Crippen molar-refractivity contribution in [2.24, 2.45) is 0 Å². The fourth-order valence-corrected chi connectivity index (χ4v) is 4.46. The summed E-state index contributed by atoms with van der Waals surface area (Å²) >= 11 is 0. The first-order valence-electron chi connectivity index (χ1n) is 9.85. The molecule has 3 aromatic rings. The average Bonchev–Trinajstić information content (AvgIpc) is 2.95. The topological polar surface area (TPSA) is 8.17 Å². The van der Waals surface area contributed by atoms with Crippen molar-refractivity contribution in [3.8, 4) is 0 Å². The lowest BCUT2D eigenvalue weighted by atomic mass is 9.99. The molecule has 1 aliphatic rings. The molecule has 0 bridgehead atoms. The molecule has 0 saturated heterocycles. The summed E-state index contributed by atoms with van der Waals surface area (Å²) in [4.78, 5) is 2.37. The molecular formula is C23H26F2N2. The van der Waals surface area contributed by atoms with E-state index in [4.69, 9.17) is 0 Å². The van der Waals surface area contributed by atoms with Crippen LogP contribution in [0.15, 0.2) is 42.5 Å². The molecule has 0 saturated carbocycles. The van der Waals surface area contributed by atoms with Gasteiger partial charge in [-0.25, -0.2) is 8.78 Å². The predicted octanol–water partition coefficient (Wildman–Crippen LogP) is 5.32. The van der Waals surface area contributed by atoms with E-state index in [0.717, 1.165) is 55.9 Å². The summed E-state index contributed by atoms with van der Waals surface area (Å²) in [7, 11) is 0. The van der Waals surface area contributed by atoms with Crippen molar-refractivity contribution in [1.82, 2.24) is 9.47 Å². The van der Waals surface area contributed by atoms with E-state index in [2.05, 4.69) is 35.4 Å². The number of halogens is 2.